The number of ether oxygens (including phenoxy) is 3. The second-order valence-electron chi connectivity index (χ2n) is 9.23. The van der Waals surface area contributed by atoms with Crippen molar-refractivity contribution in [3.8, 4) is 5.75 Å². The van der Waals surface area contributed by atoms with Gasteiger partial charge in [-0.05, 0) is 38.1 Å². The fourth-order valence-corrected chi connectivity index (χ4v) is 7.09. The molecule has 6 rings (SSSR count). The molecule has 1 aromatic carbocycles. The maximum Gasteiger partial charge on any atom is 0.338 e. The summed E-state index contributed by atoms with van der Waals surface area (Å²) in [6.45, 7) is 3.35. The molecule has 4 aliphatic heterocycles. The predicted octanol–water partition coefficient (Wildman–Crippen LogP) is 1.85. The molecule has 1 saturated carbocycles. The second-order valence-corrected chi connectivity index (χ2v) is 9.23. The van der Waals surface area contributed by atoms with Crippen LogP contribution in [0.25, 0.3) is 0 Å². The van der Waals surface area contributed by atoms with Gasteiger partial charge in [-0.1, -0.05) is 6.07 Å². The first-order valence-corrected chi connectivity index (χ1v) is 10.7. The second kappa shape index (κ2) is 6.00. The average Bonchev–Trinajstić information content (AvgIpc) is 3.38. The molecule has 1 aromatic rings. The molecule has 0 radical (unpaired) electrons. The molecular formula is C23H26N2O5. The van der Waals surface area contributed by atoms with Crippen LogP contribution in [0.2, 0.25) is 0 Å². The molecule has 5 aliphatic rings. The van der Waals surface area contributed by atoms with Gasteiger partial charge in [0.05, 0.1) is 31.0 Å². The van der Waals surface area contributed by atoms with Crippen molar-refractivity contribution in [3.05, 3.63) is 35.1 Å². The molecule has 0 N–H and O–H groups in total. The number of carbonyl (C=O) groups excluding carboxylic acids is 2. The molecule has 1 unspecified atom stereocenters. The summed E-state index contributed by atoms with van der Waals surface area (Å²) in [6, 6.07) is 6.34. The van der Waals surface area contributed by atoms with Gasteiger partial charge >= 0.3 is 5.97 Å². The molecule has 1 aliphatic carbocycles. The number of cyclic esters (lactones) is 1. The molecular weight excluding hydrogens is 384 g/mol. The number of fused-ring (bicyclic) bond motifs is 4. The van der Waals surface area contributed by atoms with Crippen LogP contribution in [0.15, 0.2) is 29.5 Å². The normalized spacial score (nSPS) is 36.4. The van der Waals surface area contributed by atoms with Crippen LogP contribution in [0.3, 0.4) is 0 Å². The van der Waals surface area contributed by atoms with Gasteiger partial charge in [0.25, 0.3) is 0 Å². The largest absolute Gasteiger partial charge is 0.497 e. The molecule has 1 amide bonds. The molecule has 0 aromatic heterocycles. The molecule has 5 atom stereocenters. The van der Waals surface area contributed by atoms with Crippen LogP contribution < -0.4 is 9.64 Å². The molecule has 4 heterocycles. The smallest absolute Gasteiger partial charge is 0.338 e. The predicted molar refractivity (Wildman–Crippen MR) is 108 cm³/mol. The Labute approximate surface area is 175 Å². The van der Waals surface area contributed by atoms with E-state index >= 15 is 0 Å². The summed E-state index contributed by atoms with van der Waals surface area (Å²) in [7, 11) is 3.81. The Morgan fingerprint density at radius 2 is 2.13 bits per heavy atom. The Morgan fingerprint density at radius 1 is 1.30 bits per heavy atom. The molecule has 0 bridgehead atoms. The highest BCUT2D eigenvalue weighted by Crippen LogP contribution is 2.62. The number of esters is 1. The van der Waals surface area contributed by atoms with Gasteiger partial charge in [-0.25, -0.2) is 4.79 Å². The number of likely N-dealkylation sites (N-methyl/N-ethyl adjacent to an activating group) is 1. The van der Waals surface area contributed by atoms with Crippen molar-refractivity contribution in [1.29, 1.82) is 0 Å². The minimum Gasteiger partial charge on any atom is -0.497 e. The number of rotatable bonds is 1. The molecule has 30 heavy (non-hydrogen) atoms. The maximum absolute atomic E-state index is 13.0. The Morgan fingerprint density at radius 3 is 2.90 bits per heavy atom. The molecule has 158 valence electrons. The first-order chi connectivity index (χ1) is 14.5. The lowest BCUT2D eigenvalue weighted by molar-refractivity contribution is -0.136. The minimum absolute atomic E-state index is 0.0223. The highest BCUT2D eigenvalue weighted by Gasteiger charge is 2.67. The molecule has 1 saturated heterocycles. The number of carbonyl (C=O) groups is 2. The van der Waals surface area contributed by atoms with Gasteiger partial charge < -0.3 is 24.0 Å². The van der Waals surface area contributed by atoms with E-state index in [1.165, 1.54) is 5.56 Å². The SMILES string of the molecule is COc1ccc2c(c1)N(C(C)=O)[C@H]1[C@@H]3COC4=C(C(=O)OC4)[C@@H]3C[C@H]3N(C)CCC213. The maximum atomic E-state index is 13.0. The Kier molecular flexibility index (Phi) is 3.65. The topological polar surface area (TPSA) is 68.3 Å². The summed E-state index contributed by atoms with van der Waals surface area (Å²) in [5, 5.41) is 0. The summed E-state index contributed by atoms with van der Waals surface area (Å²) in [5.74, 6) is 1.32. The van der Waals surface area contributed by atoms with E-state index in [1.54, 1.807) is 14.0 Å². The number of anilines is 1. The number of hydrogen-bond donors (Lipinski definition) is 0. The molecule has 1 spiro atoms. The van der Waals surface area contributed by atoms with Gasteiger partial charge in [0.1, 0.15) is 18.1 Å². The first-order valence-electron chi connectivity index (χ1n) is 10.7. The third-order valence-electron chi connectivity index (χ3n) is 8.19. The summed E-state index contributed by atoms with van der Waals surface area (Å²) in [4.78, 5) is 30.0. The molecule has 2 fully saturated rings. The third-order valence-corrected chi connectivity index (χ3v) is 8.19. The molecule has 7 heteroatoms. The van der Waals surface area contributed by atoms with Crippen LogP contribution in [0, 0.1) is 11.8 Å². The van der Waals surface area contributed by atoms with E-state index in [2.05, 4.69) is 18.0 Å². The summed E-state index contributed by atoms with van der Waals surface area (Å²) in [6.07, 6.45) is 1.87. The molecule has 7 nitrogen and oxygen atoms in total. The van der Waals surface area contributed by atoms with Gasteiger partial charge in [-0.2, -0.15) is 0 Å². The van der Waals surface area contributed by atoms with E-state index in [1.807, 2.05) is 17.0 Å². The standard InChI is InChI=1S/C23H26N2O5/c1-12(26)25-17-8-13(28-3)4-5-16(17)23-6-7-24(2)19(23)9-14-15(21(23)25)10-29-18-11-30-22(27)20(14)18/h4-5,8,14-15,19,21H,6-7,9-11H2,1-3H3/t14-,15-,19-,21+,23?/m1/s1. The van der Waals surface area contributed by atoms with E-state index in [0.29, 0.717) is 17.9 Å². The summed E-state index contributed by atoms with van der Waals surface area (Å²) in [5.41, 5.74) is 2.72. The zero-order valence-corrected chi connectivity index (χ0v) is 17.5. The van der Waals surface area contributed by atoms with Crippen molar-refractivity contribution in [2.24, 2.45) is 11.8 Å². The van der Waals surface area contributed by atoms with E-state index < -0.39 is 0 Å². The number of nitrogens with zero attached hydrogens (tertiary/aromatic N) is 2. The van der Waals surface area contributed by atoms with Gasteiger partial charge in [0, 0.05) is 36.3 Å². The zero-order chi connectivity index (χ0) is 20.8. The van der Waals surface area contributed by atoms with Crippen LogP contribution >= 0.6 is 0 Å². The number of amides is 1. The van der Waals surface area contributed by atoms with E-state index in [4.69, 9.17) is 14.2 Å². The van der Waals surface area contributed by atoms with Crippen molar-refractivity contribution in [2.45, 2.75) is 37.3 Å². The lowest BCUT2D eigenvalue weighted by Gasteiger charge is -2.53. The number of benzene rings is 1. The number of likely N-dealkylation sites (tertiary alicyclic amines) is 1. The lowest BCUT2D eigenvalue weighted by Crippen LogP contribution is -2.63. The van der Waals surface area contributed by atoms with Gasteiger partial charge in [0.2, 0.25) is 5.91 Å². The summed E-state index contributed by atoms with van der Waals surface area (Å²) < 4.78 is 16.9. The summed E-state index contributed by atoms with van der Waals surface area (Å²) >= 11 is 0. The monoisotopic (exact) mass is 410 g/mol. The van der Waals surface area contributed by atoms with E-state index in [0.717, 1.165) is 30.8 Å². The van der Waals surface area contributed by atoms with Crippen molar-refractivity contribution < 1.29 is 23.8 Å². The van der Waals surface area contributed by atoms with Crippen molar-refractivity contribution in [3.63, 3.8) is 0 Å². The lowest BCUT2D eigenvalue weighted by atomic mass is 9.56. The highest BCUT2D eigenvalue weighted by molar-refractivity contribution is 5.97. The van der Waals surface area contributed by atoms with Gasteiger partial charge in [-0.3, -0.25) is 4.79 Å². The van der Waals surface area contributed by atoms with E-state index in [-0.39, 0.29) is 47.8 Å². The Bertz CT molecular complexity index is 1000. The number of hydrogen-bond acceptors (Lipinski definition) is 6. The van der Waals surface area contributed by atoms with Crippen LogP contribution in [0.5, 0.6) is 5.75 Å². The fourth-order valence-electron chi connectivity index (χ4n) is 7.09. The van der Waals surface area contributed by atoms with Crippen LogP contribution in [-0.4, -0.2) is 62.8 Å². The first kappa shape index (κ1) is 18.2. The van der Waals surface area contributed by atoms with Crippen molar-refractivity contribution >= 4 is 17.6 Å². The van der Waals surface area contributed by atoms with Crippen LogP contribution in [-0.2, 0) is 24.5 Å². The Hall–Kier alpha value is -2.54. The average molecular weight is 410 g/mol. The highest BCUT2D eigenvalue weighted by atomic mass is 16.6. The zero-order valence-electron chi connectivity index (χ0n) is 17.5. The van der Waals surface area contributed by atoms with Crippen molar-refractivity contribution in [1.82, 2.24) is 4.90 Å². The van der Waals surface area contributed by atoms with E-state index in [9.17, 15) is 9.59 Å². The number of methoxy groups -OCH3 is 1. The van der Waals surface area contributed by atoms with Crippen molar-refractivity contribution in [2.75, 3.05) is 38.8 Å². The van der Waals surface area contributed by atoms with Gasteiger partial charge in [0.15, 0.2) is 0 Å². The van der Waals surface area contributed by atoms with Crippen LogP contribution in [0.1, 0.15) is 25.3 Å². The minimum atomic E-state index is -0.251. The third kappa shape index (κ3) is 2.04. The Balaban J connectivity index is 1.57. The quantitative estimate of drug-likeness (QED) is 0.659. The van der Waals surface area contributed by atoms with Crippen LogP contribution in [0.4, 0.5) is 5.69 Å². The van der Waals surface area contributed by atoms with Gasteiger partial charge in [-0.15, -0.1) is 0 Å². The fraction of sp³-hybridized carbons (Fsp3) is 0.565.